The summed E-state index contributed by atoms with van der Waals surface area (Å²) in [4.78, 5) is 24.5. The third-order valence-corrected chi connectivity index (χ3v) is 5.70. The van der Waals surface area contributed by atoms with Crippen molar-refractivity contribution in [2.75, 3.05) is 13.2 Å². The van der Waals surface area contributed by atoms with E-state index in [2.05, 4.69) is 26.3 Å². The number of rotatable bonds is 7. The van der Waals surface area contributed by atoms with Gasteiger partial charge in [-0.1, -0.05) is 33.2 Å². The first-order chi connectivity index (χ1) is 13.0. The quantitative estimate of drug-likeness (QED) is 0.213. The van der Waals surface area contributed by atoms with E-state index in [-0.39, 0.29) is 23.3 Å². The molecule has 0 spiro atoms. The summed E-state index contributed by atoms with van der Waals surface area (Å²) in [6, 6.07) is 0. The molecule has 8 nitrogen and oxygen atoms in total. The minimum atomic E-state index is -1.49. The molecule has 1 saturated carbocycles. The molecule has 6 atom stereocenters. The van der Waals surface area contributed by atoms with Crippen molar-refractivity contribution in [3.05, 3.63) is 48.8 Å². The fourth-order valence-corrected chi connectivity index (χ4v) is 4.01. The third-order valence-electron chi connectivity index (χ3n) is 5.70. The van der Waals surface area contributed by atoms with E-state index in [4.69, 9.17) is 14.6 Å². The van der Waals surface area contributed by atoms with Crippen molar-refractivity contribution in [3.8, 4) is 0 Å². The Balaban J connectivity index is 2.44. The average Bonchev–Trinajstić information content (AvgIpc) is 2.94. The van der Waals surface area contributed by atoms with Crippen LogP contribution in [-0.2, 0) is 19.1 Å². The summed E-state index contributed by atoms with van der Waals surface area (Å²) in [6.45, 7) is 15.1. The van der Waals surface area contributed by atoms with Crippen LogP contribution in [0.5, 0.6) is 0 Å². The molecule has 0 radical (unpaired) electrons. The number of aliphatic hydroxyl groups is 4. The Hall–Kier alpha value is -2.42. The number of fused-ring (bicyclic) bond motifs is 1. The predicted molar refractivity (Wildman–Crippen MR) is 98.8 cm³/mol. The van der Waals surface area contributed by atoms with Gasteiger partial charge in [-0.15, -0.1) is 0 Å². The molecule has 2 aliphatic rings. The van der Waals surface area contributed by atoms with Gasteiger partial charge in [-0.05, 0) is 12.0 Å². The highest BCUT2D eigenvalue weighted by atomic mass is 16.6. The molecule has 6 unspecified atom stereocenters. The van der Waals surface area contributed by atoms with Crippen molar-refractivity contribution in [1.82, 2.24) is 0 Å². The molecule has 1 saturated heterocycles. The van der Waals surface area contributed by atoms with E-state index in [1.807, 2.05) is 0 Å². The van der Waals surface area contributed by atoms with Gasteiger partial charge in [0.1, 0.15) is 18.3 Å². The summed E-state index contributed by atoms with van der Waals surface area (Å²) < 4.78 is 10.9. The Labute approximate surface area is 163 Å². The van der Waals surface area contributed by atoms with Gasteiger partial charge in [-0.25, -0.2) is 9.59 Å². The van der Waals surface area contributed by atoms with Crippen LogP contribution in [0.4, 0.5) is 0 Å². The van der Waals surface area contributed by atoms with Gasteiger partial charge in [-0.3, -0.25) is 0 Å². The Morgan fingerprint density at radius 2 is 1.96 bits per heavy atom. The van der Waals surface area contributed by atoms with Crippen LogP contribution < -0.4 is 0 Å². The van der Waals surface area contributed by atoms with Crippen LogP contribution in [0.2, 0.25) is 0 Å². The van der Waals surface area contributed by atoms with Gasteiger partial charge >= 0.3 is 11.9 Å². The lowest BCUT2D eigenvalue weighted by Gasteiger charge is -2.49. The molecule has 0 aromatic heterocycles. The van der Waals surface area contributed by atoms with Crippen molar-refractivity contribution in [3.63, 3.8) is 0 Å². The van der Waals surface area contributed by atoms with Gasteiger partial charge in [-0.2, -0.15) is 0 Å². The number of carbonyl (C=O) groups excluding carboxylic acids is 2. The zero-order chi connectivity index (χ0) is 21.4. The van der Waals surface area contributed by atoms with E-state index >= 15 is 0 Å². The first kappa shape index (κ1) is 21.9. The average molecular weight is 394 g/mol. The summed E-state index contributed by atoms with van der Waals surface area (Å²) in [7, 11) is 0. The maximum absolute atomic E-state index is 12.4. The second-order valence-electron chi connectivity index (χ2n) is 7.45. The normalized spacial score (nSPS) is 32.9. The van der Waals surface area contributed by atoms with E-state index in [0.29, 0.717) is 5.57 Å². The number of esters is 2. The van der Waals surface area contributed by atoms with E-state index < -0.39 is 60.7 Å². The standard InChI is InChI=1S/C20H26O8/c1-9(7-21)16-17-15(11(3)19(26)28-17)14(6-20(16,5)12(4)23)27-18(25)10(2)13(24)8-22/h13-17,21-24H,1-4,6-8H2,5H3. The molecule has 1 heterocycles. The molecule has 28 heavy (non-hydrogen) atoms. The van der Waals surface area contributed by atoms with Gasteiger partial charge in [0.2, 0.25) is 0 Å². The third kappa shape index (κ3) is 3.50. The van der Waals surface area contributed by atoms with Crippen molar-refractivity contribution in [2.45, 2.75) is 31.7 Å². The molecular formula is C20H26O8. The smallest absolute Gasteiger partial charge is 0.336 e. The highest BCUT2D eigenvalue weighted by Gasteiger charge is 2.60. The molecule has 0 aromatic carbocycles. The minimum absolute atomic E-state index is 0.0388. The molecule has 0 aromatic rings. The fourth-order valence-electron chi connectivity index (χ4n) is 4.01. The van der Waals surface area contributed by atoms with Crippen molar-refractivity contribution in [2.24, 2.45) is 17.3 Å². The van der Waals surface area contributed by atoms with Gasteiger partial charge in [0, 0.05) is 16.9 Å². The molecule has 0 amide bonds. The van der Waals surface area contributed by atoms with Gasteiger partial charge < -0.3 is 29.9 Å². The van der Waals surface area contributed by atoms with Crippen LogP contribution in [0, 0.1) is 17.3 Å². The predicted octanol–water partition coefficient (Wildman–Crippen LogP) is 0.552. The van der Waals surface area contributed by atoms with Gasteiger partial charge in [0.15, 0.2) is 0 Å². The highest BCUT2D eigenvalue weighted by molar-refractivity contribution is 5.92. The number of aliphatic hydroxyl groups excluding tert-OH is 4. The number of allylic oxidation sites excluding steroid dienone is 1. The monoisotopic (exact) mass is 394 g/mol. The molecule has 1 aliphatic heterocycles. The molecular weight excluding hydrogens is 368 g/mol. The minimum Gasteiger partial charge on any atom is -0.512 e. The fraction of sp³-hybridized carbons (Fsp3) is 0.500. The van der Waals surface area contributed by atoms with Crippen LogP contribution in [0.3, 0.4) is 0 Å². The van der Waals surface area contributed by atoms with Crippen LogP contribution in [-0.4, -0.2) is 63.9 Å². The zero-order valence-corrected chi connectivity index (χ0v) is 15.8. The maximum atomic E-state index is 12.4. The van der Waals surface area contributed by atoms with Gasteiger partial charge in [0.05, 0.1) is 30.5 Å². The number of hydrogen-bond acceptors (Lipinski definition) is 8. The molecule has 0 bridgehead atoms. The number of hydrogen-bond donors (Lipinski definition) is 4. The second kappa shape index (κ2) is 7.90. The van der Waals surface area contributed by atoms with Crippen molar-refractivity contribution < 1.29 is 39.5 Å². The SMILES string of the molecule is C=C(C(=O)OC1CC(C)(C(=C)O)C(C(=C)CO)C2OC(=O)C(=C)C12)C(O)CO. The lowest BCUT2D eigenvalue weighted by atomic mass is 9.58. The summed E-state index contributed by atoms with van der Waals surface area (Å²) >= 11 is 0. The maximum Gasteiger partial charge on any atom is 0.336 e. The van der Waals surface area contributed by atoms with Crippen LogP contribution in [0.25, 0.3) is 0 Å². The highest BCUT2D eigenvalue weighted by Crippen LogP contribution is 2.55. The van der Waals surface area contributed by atoms with Crippen LogP contribution in [0.1, 0.15) is 13.3 Å². The summed E-state index contributed by atoms with van der Waals surface area (Å²) in [6.07, 6.45) is -3.28. The van der Waals surface area contributed by atoms with E-state index in [0.717, 1.165) is 0 Å². The Bertz CT molecular complexity index is 738. The number of carbonyl (C=O) groups is 2. The van der Waals surface area contributed by atoms with Crippen LogP contribution in [0.15, 0.2) is 48.8 Å². The molecule has 8 heteroatoms. The topological polar surface area (TPSA) is 134 Å². The van der Waals surface area contributed by atoms with Crippen molar-refractivity contribution in [1.29, 1.82) is 0 Å². The molecule has 2 fully saturated rings. The van der Waals surface area contributed by atoms with E-state index in [9.17, 15) is 24.9 Å². The number of ether oxygens (including phenoxy) is 2. The first-order valence-electron chi connectivity index (χ1n) is 8.74. The molecule has 154 valence electrons. The van der Waals surface area contributed by atoms with Gasteiger partial charge in [0.25, 0.3) is 0 Å². The Morgan fingerprint density at radius 3 is 2.46 bits per heavy atom. The molecule has 2 rings (SSSR count). The molecule has 4 N–H and O–H groups in total. The van der Waals surface area contributed by atoms with Crippen LogP contribution >= 0.6 is 0 Å². The molecule has 1 aliphatic carbocycles. The van der Waals surface area contributed by atoms with Crippen molar-refractivity contribution >= 4 is 11.9 Å². The Morgan fingerprint density at radius 1 is 1.36 bits per heavy atom. The summed E-state index contributed by atoms with van der Waals surface area (Å²) in [5, 5.41) is 38.5. The van der Waals surface area contributed by atoms with E-state index in [1.165, 1.54) is 0 Å². The second-order valence-corrected chi connectivity index (χ2v) is 7.45. The zero-order valence-electron chi connectivity index (χ0n) is 15.8. The largest absolute Gasteiger partial charge is 0.512 e. The first-order valence-corrected chi connectivity index (χ1v) is 8.74. The Kier molecular flexibility index (Phi) is 6.18. The lowest BCUT2D eigenvalue weighted by molar-refractivity contribution is -0.162. The summed E-state index contributed by atoms with van der Waals surface area (Å²) in [5.41, 5.74) is -1.04. The lowest BCUT2D eigenvalue weighted by Crippen LogP contribution is -2.53. The van der Waals surface area contributed by atoms with E-state index in [1.54, 1.807) is 6.92 Å². The summed E-state index contributed by atoms with van der Waals surface area (Å²) in [5.74, 6) is -3.29.